The summed E-state index contributed by atoms with van der Waals surface area (Å²) in [4.78, 5) is 0. The lowest BCUT2D eigenvalue weighted by Gasteiger charge is -1.83. The predicted octanol–water partition coefficient (Wildman–Crippen LogP) is 1.87. The second kappa shape index (κ2) is 1.32. The number of rotatable bonds is 0. The molecule has 0 nitrogen and oxygen atoms in total. The van der Waals surface area contributed by atoms with E-state index in [1.807, 2.05) is 0 Å². The van der Waals surface area contributed by atoms with Gasteiger partial charge < -0.3 is 0 Å². The van der Waals surface area contributed by atoms with E-state index >= 15 is 0 Å². The monoisotopic (exact) mass is 126 g/mol. The molecule has 0 unspecified atom stereocenters. The Labute approximate surface area is 51.1 Å². The van der Waals surface area contributed by atoms with E-state index in [-0.39, 0.29) is 11.6 Å². The van der Waals surface area contributed by atoms with Gasteiger partial charge in [-0.2, -0.15) is 0 Å². The van der Waals surface area contributed by atoms with Crippen LogP contribution in [0.15, 0.2) is 12.1 Å². The Morgan fingerprint density at radius 2 is 1.44 bits per heavy atom. The molecule has 1 aliphatic carbocycles. The van der Waals surface area contributed by atoms with E-state index in [9.17, 15) is 8.78 Å². The lowest BCUT2D eigenvalue weighted by Crippen LogP contribution is -1.73. The number of hydrogen-bond acceptors (Lipinski definition) is 0. The molecule has 0 fully saturated rings. The topological polar surface area (TPSA) is 0 Å². The third-order valence-corrected chi connectivity index (χ3v) is 1.55. The van der Waals surface area contributed by atoms with Crippen LogP contribution < -0.4 is 0 Å². The van der Waals surface area contributed by atoms with Gasteiger partial charge in [0.1, 0.15) is 11.6 Å². The molecule has 0 saturated heterocycles. The van der Waals surface area contributed by atoms with Crippen LogP contribution in [-0.2, 0) is 6.42 Å². The fourth-order valence-electron chi connectivity index (χ4n) is 0.937. The lowest BCUT2D eigenvalue weighted by atomic mass is 10.3. The minimum absolute atomic E-state index is 0.272. The van der Waals surface area contributed by atoms with Crippen LogP contribution >= 0.6 is 0 Å². The first kappa shape index (κ1) is 4.91. The van der Waals surface area contributed by atoms with Crippen LogP contribution in [0.5, 0.6) is 0 Å². The fourth-order valence-corrected chi connectivity index (χ4v) is 0.937. The van der Waals surface area contributed by atoms with Crippen molar-refractivity contribution in [1.82, 2.24) is 0 Å². The molecule has 0 amide bonds. The molecular weight excluding hydrogens is 122 g/mol. The minimum atomic E-state index is -0.272. The van der Waals surface area contributed by atoms with Gasteiger partial charge in [0, 0.05) is 6.42 Å². The average Bonchev–Trinajstić information content (AvgIpc) is 2.57. The summed E-state index contributed by atoms with van der Waals surface area (Å²) in [7, 11) is 0. The molecule has 0 aromatic heterocycles. The second-order valence-corrected chi connectivity index (χ2v) is 2.16. The summed E-state index contributed by atoms with van der Waals surface area (Å²) in [6.45, 7) is 0. The standard InChI is InChI=1S/C7H4F2/c8-6-1-2-7(9)5-3-4(5)6/h1-2H,3H2. The van der Waals surface area contributed by atoms with Crippen molar-refractivity contribution < 1.29 is 8.78 Å². The molecule has 9 heavy (non-hydrogen) atoms. The van der Waals surface area contributed by atoms with Crippen molar-refractivity contribution in [3.05, 3.63) is 34.9 Å². The molecule has 0 spiro atoms. The van der Waals surface area contributed by atoms with Crippen molar-refractivity contribution >= 4 is 0 Å². The highest BCUT2D eigenvalue weighted by Crippen LogP contribution is 2.32. The summed E-state index contributed by atoms with van der Waals surface area (Å²) >= 11 is 0. The van der Waals surface area contributed by atoms with E-state index in [4.69, 9.17) is 0 Å². The van der Waals surface area contributed by atoms with E-state index in [2.05, 4.69) is 0 Å². The van der Waals surface area contributed by atoms with Gasteiger partial charge in [0.05, 0.1) is 0 Å². The third kappa shape index (κ3) is 0.559. The molecule has 0 saturated carbocycles. The van der Waals surface area contributed by atoms with Gasteiger partial charge in [-0.05, 0) is 23.3 Å². The molecule has 0 aliphatic heterocycles. The second-order valence-electron chi connectivity index (χ2n) is 2.16. The van der Waals surface area contributed by atoms with Gasteiger partial charge in [0.2, 0.25) is 0 Å². The summed E-state index contributed by atoms with van der Waals surface area (Å²) in [5.74, 6) is -0.544. The quantitative estimate of drug-likeness (QED) is 0.505. The average molecular weight is 126 g/mol. The summed E-state index contributed by atoms with van der Waals surface area (Å²) in [5.41, 5.74) is 1.10. The Bertz CT molecular complexity index is 239. The van der Waals surface area contributed by atoms with Gasteiger partial charge in [-0.25, -0.2) is 8.78 Å². The van der Waals surface area contributed by atoms with Gasteiger partial charge in [-0.15, -0.1) is 0 Å². The minimum Gasteiger partial charge on any atom is -0.207 e. The fraction of sp³-hybridized carbons (Fsp3) is 0.143. The molecular formula is C7H4F2. The molecule has 0 N–H and O–H groups in total. The third-order valence-electron chi connectivity index (χ3n) is 1.55. The Morgan fingerprint density at radius 1 is 1.00 bits per heavy atom. The summed E-state index contributed by atoms with van der Waals surface area (Å²) < 4.78 is 24.8. The van der Waals surface area contributed by atoms with E-state index in [1.54, 1.807) is 0 Å². The molecule has 1 aromatic rings. The first-order valence-electron chi connectivity index (χ1n) is 2.75. The SMILES string of the molecule is Fc1ccc(F)c2c1C2. The maximum atomic E-state index is 12.4. The summed E-state index contributed by atoms with van der Waals surface area (Å²) in [6.07, 6.45) is 0.505. The highest BCUT2D eigenvalue weighted by Gasteiger charge is 2.25. The maximum absolute atomic E-state index is 12.4. The van der Waals surface area contributed by atoms with Crippen LogP contribution in [0.1, 0.15) is 11.1 Å². The molecule has 2 rings (SSSR count). The van der Waals surface area contributed by atoms with Gasteiger partial charge in [-0.3, -0.25) is 0 Å². The van der Waals surface area contributed by atoms with Crippen molar-refractivity contribution in [3.63, 3.8) is 0 Å². The highest BCUT2D eigenvalue weighted by molar-refractivity contribution is 5.46. The van der Waals surface area contributed by atoms with Crippen molar-refractivity contribution in [2.45, 2.75) is 6.42 Å². The Morgan fingerprint density at radius 3 is 1.89 bits per heavy atom. The predicted molar refractivity (Wildman–Crippen MR) is 29.2 cm³/mol. The van der Waals surface area contributed by atoms with Gasteiger partial charge in [0.15, 0.2) is 0 Å². The molecule has 46 valence electrons. The Balaban J connectivity index is 2.68. The largest absolute Gasteiger partial charge is 0.207 e. The lowest BCUT2D eigenvalue weighted by molar-refractivity contribution is 0.605. The molecule has 0 bridgehead atoms. The smallest absolute Gasteiger partial charge is 0.127 e. The van der Waals surface area contributed by atoms with Gasteiger partial charge >= 0.3 is 0 Å². The molecule has 0 atom stereocenters. The van der Waals surface area contributed by atoms with Crippen LogP contribution in [0.25, 0.3) is 0 Å². The molecule has 1 aromatic carbocycles. The van der Waals surface area contributed by atoms with Gasteiger partial charge in [0.25, 0.3) is 0 Å². The van der Waals surface area contributed by atoms with E-state index in [1.165, 1.54) is 12.1 Å². The number of hydrogen-bond donors (Lipinski definition) is 0. The zero-order chi connectivity index (χ0) is 6.43. The number of halogens is 2. The van der Waals surface area contributed by atoms with Crippen molar-refractivity contribution in [1.29, 1.82) is 0 Å². The highest BCUT2D eigenvalue weighted by atomic mass is 19.1. The molecule has 0 radical (unpaired) electrons. The Hall–Kier alpha value is -0.920. The first-order chi connectivity index (χ1) is 4.29. The molecule has 1 aliphatic rings. The molecule has 0 heterocycles. The Kier molecular flexibility index (Phi) is 0.721. The summed E-state index contributed by atoms with van der Waals surface area (Å²) in [6, 6.07) is 2.34. The van der Waals surface area contributed by atoms with Gasteiger partial charge in [-0.1, -0.05) is 0 Å². The number of benzene rings is 1. The van der Waals surface area contributed by atoms with Crippen molar-refractivity contribution in [2.24, 2.45) is 0 Å². The van der Waals surface area contributed by atoms with Crippen LogP contribution in [0.3, 0.4) is 0 Å². The van der Waals surface area contributed by atoms with Crippen LogP contribution in [0, 0.1) is 11.6 Å². The van der Waals surface area contributed by atoms with E-state index in [0.29, 0.717) is 17.5 Å². The van der Waals surface area contributed by atoms with Crippen molar-refractivity contribution in [3.8, 4) is 0 Å². The number of fused-ring (bicyclic) bond motifs is 1. The first-order valence-corrected chi connectivity index (χ1v) is 2.75. The van der Waals surface area contributed by atoms with Crippen molar-refractivity contribution in [2.75, 3.05) is 0 Å². The zero-order valence-electron chi connectivity index (χ0n) is 4.62. The van der Waals surface area contributed by atoms with Crippen LogP contribution in [0.2, 0.25) is 0 Å². The molecule has 2 heteroatoms. The van der Waals surface area contributed by atoms with Crippen LogP contribution in [-0.4, -0.2) is 0 Å². The maximum Gasteiger partial charge on any atom is 0.127 e. The van der Waals surface area contributed by atoms with Crippen LogP contribution in [0.4, 0.5) is 8.78 Å². The summed E-state index contributed by atoms with van der Waals surface area (Å²) in [5, 5.41) is 0. The van der Waals surface area contributed by atoms with E-state index in [0.717, 1.165) is 0 Å². The van der Waals surface area contributed by atoms with E-state index < -0.39 is 0 Å². The zero-order valence-corrected chi connectivity index (χ0v) is 4.62. The normalized spacial score (nSPS) is 13.1.